The Bertz CT molecular complexity index is 1050. The van der Waals surface area contributed by atoms with Crippen LogP contribution in [0.2, 0.25) is 5.02 Å². The number of hydrogen-bond donors (Lipinski definition) is 2. The van der Waals surface area contributed by atoms with Crippen molar-refractivity contribution in [1.82, 2.24) is 10.2 Å². The molecule has 3 rings (SSSR count). The van der Waals surface area contributed by atoms with Gasteiger partial charge in [-0.3, -0.25) is 9.52 Å². The number of sulfonamides is 1. The number of anilines is 1. The van der Waals surface area contributed by atoms with Crippen LogP contribution in [0.3, 0.4) is 0 Å². The highest BCUT2D eigenvalue weighted by Gasteiger charge is 2.36. The van der Waals surface area contributed by atoms with Crippen LogP contribution in [0, 0.1) is 0 Å². The van der Waals surface area contributed by atoms with E-state index < -0.39 is 10.0 Å². The summed E-state index contributed by atoms with van der Waals surface area (Å²) in [6, 6.07) is 10.8. The Morgan fingerprint density at radius 2 is 1.78 bits per heavy atom. The molecule has 1 aliphatic rings. The summed E-state index contributed by atoms with van der Waals surface area (Å²) < 4.78 is 33.8. The molecule has 0 saturated heterocycles. The predicted molar refractivity (Wildman–Crippen MR) is 127 cm³/mol. The van der Waals surface area contributed by atoms with Crippen LogP contribution < -0.4 is 14.8 Å². The molecule has 0 unspecified atom stereocenters. The topological polar surface area (TPSA) is 87.7 Å². The number of ether oxygens (including phenoxy) is 1. The van der Waals surface area contributed by atoms with Gasteiger partial charge in [0.1, 0.15) is 10.6 Å². The summed E-state index contributed by atoms with van der Waals surface area (Å²) in [6.45, 7) is 2.90. The molecule has 2 aromatic rings. The SMILES string of the molecule is CCOc1ccc(NS(=O)(=O)c2cc(C(=O)NCC3(N(C)C)CCCC3)ccc2Cl)cc1. The summed E-state index contributed by atoms with van der Waals surface area (Å²) >= 11 is 6.18. The van der Waals surface area contributed by atoms with E-state index in [1.165, 1.54) is 18.2 Å². The van der Waals surface area contributed by atoms with E-state index in [0.29, 0.717) is 24.6 Å². The fourth-order valence-corrected chi connectivity index (χ4v) is 5.59. The van der Waals surface area contributed by atoms with Gasteiger partial charge in [0.25, 0.3) is 15.9 Å². The molecule has 0 aliphatic heterocycles. The van der Waals surface area contributed by atoms with Gasteiger partial charge in [-0.05, 0) is 76.3 Å². The molecule has 0 heterocycles. The van der Waals surface area contributed by atoms with Crippen molar-refractivity contribution < 1.29 is 17.9 Å². The van der Waals surface area contributed by atoms with Crippen molar-refractivity contribution in [3.05, 3.63) is 53.1 Å². The lowest BCUT2D eigenvalue weighted by Crippen LogP contribution is -2.50. The van der Waals surface area contributed by atoms with Crippen LogP contribution in [-0.2, 0) is 10.0 Å². The van der Waals surface area contributed by atoms with E-state index in [2.05, 4.69) is 14.9 Å². The monoisotopic (exact) mass is 479 g/mol. The van der Waals surface area contributed by atoms with Crippen molar-refractivity contribution in [2.75, 3.05) is 32.0 Å². The Balaban J connectivity index is 1.76. The molecular formula is C23H30ClN3O4S. The largest absolute Gasteiger partial charge is 0.494 e. The first kappa shape index (κ1) is 24.4. The standard InChI is InChI=1S/C23H30ClN3O4S/c1-4-31-19-10-8-18(9-11-19)26-32(29,30)21-15-17(7-12-20(21)24)22(28)25-16-23(27(2)3)13-5-6-14-23/h7-12,15,26H,4-6,13-14,16H2,1-3H3,(H,25,28). The summed E-state index contributed by atoms with van der Waals surface area (Å²) in [4.78, 5) is 14.8. The smallest absolute Gasteiger partial charge is 0.263 e. The first-order valence-electron chi connectivity index (χ1n) is 10.7. The molecule has 1 saturated carbocycles. The number of carbonyl (C=O) groups excluding carboxylic acids is 1. The molecule has 0 bridgehead atoms. The molecule has 7 nitrogen and oxygen atoms in total. The third kappa shape index (κ3) is 5.54. The minimum absolute atomic E-state index is 0.0422. The number of likely N-dealkylation sites (N-methyl/N-ethyl adjacent to an activating group) is 1. The number of nitrogens with zero attached hydrogens (tertiary/aromatic N) is 1. The van der Waals surface area contributed by atoms with Crippen molar-refractivity contribution in [3.63, 3.8) is 0 Å². The van der Waals surface area contributed by atoms with E-state index in [9.17, 15) is 13.2 Å². The van der Waals surface area contributed by atoms with Crippen molar-refractivity contribution in [3.8, 4) is 5.75 Å². The Labute approximate surface area is 195 Å². The molecule has 0 radical (unpaired) electrons. The van der Waals surface area contributed by atoms with E-state index in [-0.39, 0.29) is 26.9 Å². The van der Waals surface area contributed by atoms with Gasteiger partial charge < -0.3 is 15.0 Å². The maximum absolute atomic E-state index is 13.0. The van der Waals surface area contributed by atoms with Crippen LogP contribution in [0.5, 0.6) is 5.75 Å². The van der Waals surface area contributed by atoms with Crippen LogP contribution >= 0.6 is 11.6 Å². The van der Waals surface area contributed by atoms with E-state index in [1.807, 2.05) is 21.0 Å². The molecule has 2 N–H and O–H groups in total. The maximum atomic E-state index is 13.0. The number of benzene rings is 2. The average Bonchev–Trinajstić information content (AvgIpc) is 3.24. The zero-order valence-corrected chi connectivity index (χ0v) is 20.2. The second-order valence-electron chi connectivity index (χ2n) is 8.22. The van der Waals surface area contributed by atoms with Gasteiger partial charge in [0.05, 0.1) is 11.6 Å². The molecule has 2 aromatic carbocycles. The van der Waals surface area contributed by atoms with Gasteiger partial charge in [0, 0.05) is 23.3 Å². The van der Waals surface area contributed by atoms with Gasteiger partial charge in [0.15, 0.2) is 0 Å². The van der Waals surface area contributed by atoms with Crippen molar-refractivity contribution in [2.45, 2.75) is 43.0 Å². The molecule has 174 valence electrons. The minimum Gasteiger partial charge on any atom is -0.494 e. The number of halogens is 1. The second-order valence-corrected chi connectivity index (χ2v) is 10.3. The lowest BCUT2D eigenvalue weighted by atomic mass is 9.96. The Morgan fingerprint density at radius 3 is 2.38 bits per heavy atom. The van der Waals surface area contributed by atoms with Crippen LogP contribution in [0.1, 0.15) is 43.0 Å². The van der Waals surface area contributed by atoms with Crippen molar-refractivity contribution in [1.29, 1.82) is 0 Å². The van der Waals surface area contributed by atoms with Crippen LogP contribution in [0.4, 0.5) is 5.69 Å². The first-order chi connectivity index (χ1) is 15.2. The predicted octanol–water partition coefficient (Wildman–Crippen LogP) is 4.14. The van der Waals surface area contributed by atoms with Crippen LogP contribution in [0.25, 0.3) is 0 Å². The summed E-state index contributed by atoms with van der Waals surface area (Å²) in [5.41, 5.74) is 0.550. The van der Waals surface area contributed by atoms with E-state index in [4.69, 9.17) is 16.3 Å². The number of rotatable bonds is 9. The Hall–Kier alpha value is -2.29. The molecule has 1 amide bonds. The quantitative estimate of drug-likeness (QED) is 0.564. The highest BCUT2D eigenvalue weighted by molar-refractivity contribution is 7.92. The summed E-state index contributed by atoms with van der Waals surface area (Å²) in [5.74, 6) is 0.317. The molecule has 1 fully saturated rings. The molecular weight excluding hydrogens is 450 g/mol. The van der Waals surface area contributed by atoms with Crippen LogP contribution in [0.15, 0.2) is 47.4 Å². The van der Waals surface area contributed by atoms with E-state index in [0.717, 1.165) is 25.7 Å². The zero-order valence-electron chi connectivity index (χ0n) is 18.7. The summed E-state index contributed by atoms with van der Waals surface area (Å²) in [6.07, 6.45) is 4.31. The maximum Gasteiger partial charge on any atom is 0.263 e. The van der Waals surface area contributed by atoms with Gasteiger partial charge >= 0.3 is 0 Å². The third-order valence-electron chi connectivity index (χ3n) is 5.96. The summed E-state index contributed by atoms with van der Waals surface area (Å²) in [5, 5.41) is 3.02. The third-order valence-corrected chi connectivity index (χ3v) is 7.82. The van der Waals surface area contributed by atoms with Gasteiger partial charge in [-0.1, -0.05) is 24.4 Å². The highest BCUT2D eigenvalue weighted by atomic mass is 35.5. The van der Waals surface area contributed by atoms with Gasteiger partial charge in [-0.2, -0.15) is 0 Å². The second kappa shape index (κ2) is 10.1. The first-order valence-corrected chi connectivity index (χ1v) is 12.5. The number of nitrogens with one attached hydrogen (secondary N) is 2. The fourth-order valence-electron chi connectivity index (χ4n) is 4.01. The Morgan fingerprint density at radius 1 is 1.12 bits per heavy atom. The van der Waals surface area contributed by atoms with Crippen molar-refractivity contribution in [2.24, 2.45) is 0 Å². The average molecular weight is 480 g/mol. The highest BCUT2D eigenvalue weighted by Crippen LogP contribution is 2.33. The molecule has 1 aliphatic carbocycles. The van der Waals surface area contributed by atoms with E-state index in [1.54, 1.807) is 24.3 Å². The molecule has 0 spiro atoms. The summed E-state index contributed by atoms with van der Waals surface area (Å²) in [7, 11) is 0.0574. The van der Waals surface area contributed by atoms with Gasteiger partial charge in [0.2, 0.25) is 0 Å². The molecule has 9 heteroatoms. The zero-order chi connectivity index (χ0) is 23.4. The Kier molecular flexibility index (Phi) is 7.69. The van der Waals surface area contributed by atoms with Gasteiger partial charge in [-0.15, -0.1) is 0 Å². The van der Waals surface area contributed by atoms with Gasteiger partial charge in [-0.25, -0.2) is 8.42 Å². The van der Waals surface area contributed by atoms with Crippen LogP contribution in [-0.4, -0.2) is 52.0 Å². The fraction of sp³-hybridized carbons (Fsp3) is 0.435. The minimum atomic E-state index is -3.99. The lowest BCUT2D eigenvalue weighted by Gasteiger charge is -2.36. The lowest BCUT2D eigenvalue weighted by molar-refractivity contribution is 0.0900. The number of hydrogen-bond acceptors (Lipinski definition) is 5. The van der Waals surface area contributed by atoms with E-state index >= 15 is 0 Å². The van der Waals surface area contributed by atoms with Crippen molar-refractivity contribution >= 4 is 33.2 Å². The number of amides is 1. The molecule has 0 atom stereocenters. The molecule has 32 heavy (non-hydrogen) atoms. The molecule has 0 aromatic heterocycles. The normalized spacial score (nSPS) is 15.5. The number of carbonyl (C=O) groups is 1.